The molecule has 114 valence electrons. The predicted octanol–water partition coefficient (Wildman–Crippen LogP) is 2.77. The molecule has 1 atom stereocenters. The van der Waals surface area contributed by atoms with Crippen LogP contribution in [0.5, 0.6) is 0 Å². The number of aliphatic carboxylic acids is 1. The topological polar surface area (TPSA) is 70.8 Å². The Morgan fingerprint density at radius 2 is 1.91 bits per heavy atom. The minimum atomic E-state index is -1.00. The van der Waals surface area contributed by atoms with Crippen LogP contribution in [0, 0.1) is 5.82 Å². The monoisotopic (exact) mass is 303 g/mol. The molecule has 1 aliphatic heterocycles. The van der Waals surface area contributed by atoms with E-state index in [-0.39, 0.29) is 11.6 Å². The highest BCUT2D eigenvalue weighted by atomic mass is 19.1. The van der Waals surface area contributed by atoms with Crippen LogP contribution in [0.25, 0.3) is 11.3 Å². The van der Waals surface area contributed by atoms with Crippen LogP contribution in [0.1, 0.15) is 23.4 Å². The van der Waals surface area contributed by atoms with E-state index in [9.17, 15) is 14.0 Å². The lowest BCUT2D eigenvalue weighted by Crippen LogP contribution is -2.40. The molecule has 2 heterocycles. The molecule has 5 nitrogen and oxygen atoms in total. The average molecular weight is 303 g/mol. The number of hydrogen-bond acceptors (Lipinski definition) is 3. The first kappa shape index (κ1) is 14.3. The molecule has 1 aromatic heterocycles. The summed E-state index contributed by atoms with van der Waals surface area (Å²) in [5.41, 5.74) is 0.650. The molecule has 0 radical (unpaired) electrons. The Balaban J connectivity index is 1.82. The number of carbonyl (C=O) groups excluding carboxylic acids is 1. The molecule has 1 aromatic carbocycles. The van der Waals surface area contributed by atoms with Gasteiger partial charge in [0.15, 0.2) is 5.76 Å². The number of nitrogens with zero attached hydrogens (tertiary/aromatic N) is 1. The fourth-order valence-corrected chi connectivity index (χ4v) is 2.63. The molecule has 0 spiro atoms. The quantitative estimate of drug-likeness (QED) is 0.946. The summed E-state index contributed by atoms with van der Waals surface area (Å²) in [6, 6.07) is 8.05. The second-order valence-corrected chi connectivity index (χ2v) is 5.17. The van der Waals surface area contributed by atoms with Crippen LogP contribution in [0.3, 0.4) is 0 Å². The van der Waals surface area contributed by atoms with Crippen molar-refractivity contribution in [1.29, 1.82) is 0 Å². The summed E-state index contributed by atoms with van der Waals surface area (Å²) in [5, 5.41) is 9.13. The largest absolute Gasteiger partial charge is 0.480 e. The summed E-state index contributed by atoms with van der Waals surface area (Å²) in [4.78, 5) is 24.8. The molecule has 0 aliphatic carbocycles. The maximum atomic E-state index is 12.9. The summed E-state index contributed by atoms with van der Waals surface area (Å²) in [7, 11) is 0. The Bertz CT molecular complexity index is 707. The number of benzene rings is 1. The number of carboxylic acids is 1. The van der Waals surface area contributed by atoms with Crippen molar-refractivity contribution in [3.8, 4) is 11.3 Å². The SMILES string of the molecule is O=C(O)C1CCCN1C(=O)c1ccc(-c2ccc(F)cc2)o1. The fraction of sp³-hybridized carbons (Fsp3) is 0.250. The van der Waals surface area contributed by atoms with Gasteiger partial charge in [0.1, 0.15) is 17.6 Å². The lowest BCUT2D eigenvalue weighted by Gasteiger charge is -2.19. The zero-order chi connectivity index (χ0) is 15.7. The van der Waals surface area contributed by atoms with Gasteiger partial charge in [0.25, 0.3) is 5.91 Å². The number of halogens is 1. The molecule has 1 amide bonds. The number of hydrogen-bond donors (Lipinski definition) is 1. The number of furan rings is 1. The molecule has 3 rings (SSSR count). The first-order valence-corrected chi connectivity index (χ1v) is 6.96. The van der Waals surface area contributed by atoms with E-state index in [1.165, 1.54) is 23.1 Å². The van der Waals surface area contributed by atoms with Crippen LogP contribution < -0.4 is 0 Å². The van der Waals surface area contributed by atoms with E-state index in [1.54, 1.807) is 18.2 Å². The van der Waals surface area contributed by atoms with E-state index in [0.717, 1.165) is 0 Å². The van der Waals surface area contributed by atoms with Crippen LogP contribution in [0.4, 0.5) is 4.39 Å². The van der Waals surface area contributed by atoms with E-state index in [0.29, 0.717) is 30.7 Å². The molecule has 1 aliphatic rings. The van der Waals surface area contributed by atoms with E-state index < -0.39 is 17.9 Å². The van der Waals surface area contributed by atoms with Crippen LogP contribution in [-0.2, 0) is 4.79 Å². The van der Waals surface area contributed by atoms with Crippen molar-refractivity contribution in [2.24, 2.45) is 0 Å². The number of amides is 1. The van der Waals surface area contributed by atoms with Crippen molar-refractivity contribution in [3.05, 3.63) is 48.0 Å². The Hall–Kier alpha value is -2.63. The summed E-state index contributed by atoms with van der Waals surface area (Å²) in [5.74, 6) is -1.26. The zero-order valence-corrected chi connectivity index (χ0v) is 11.7. The molecule has 6 heteroatoms. The normalized spacial score (nSPS) is 17.7. The van der Waals surface area contributed by atoms with Crippen LogP contribution in [-0.4, -0.2) is 34.5 Å². The predicted molar refractivity (Wildman–Crippen MR) is 75.8 cm³/mol. The Morgan fingerprint density at radius 3 is 2.59 bits per heavy atom. The highest BCUT2D eigenvalue weighted by Gasteiger charge is 2.35. The average Bonchev–Trinajstić information content (AvgIpc) is 3.17. The van der Waals surface area contributed by atoms with Gasteiger partial charge in [-0.25, -0.2) is 9.18 Å². The molecule has 2 aromatic rings. The number of likely N-dealkylation sites (tertiary alicyclic amines) is 1. The van der Waals surface area contributed by atoms with Gasteiger partial charge in [0, 0.05) is 12.1 Å². The van der Waals surface area contributed by atoms with E-state index in [2.05, 4.69) is 0 Å². The lowest BCUT2D eigenvalue weighted by molar-refractivity contribution is -0.141. The molecule has 1 fully saturated rings. The summed E-state index contributed by atoms with van der Waals surface area (Å²) in [6.07, 6.45) is 1.11. The molecular formula is C16H14FNO4. The van der Waals surface area contributed by atoms with Crippen LogP contribution in [0.15, 0.2) is 40.8 Å². The van der Waals surface area contributed by atoms with E-state index in [1.807, 2.05) is 0 Å². The maximum absolute atomic E-state index is 12.9. The number of carbonyl (C=O) groups is 2. The van der Waals surface area contributed by atoms with Gasteiger partial charge < -0.3 is 14.4 Å². The highest BCUT2D eigenvalue weighted by molar-refractivity contribution is 5.95. The molecule has 0 saturated carbocycles. The summed E-state index contributed by atoms with van der Waals surface area (Å²) >= 11 is 0. The second kappa shape index (κ2) is 5.63. The van der Waals surface area contributed by atoms with Crippen LogP contribution >= 0.6 is 0 Å². The van der Waals surface area contributed by atoms with Crippen molar-refractivity contribution in [1.82, 2.24) is 4.90 Å². The minimum absolute atomic E-state index is 0.0903. The molecule has 1 saturated heterocycles. The van der Waals surface area contributed by atoms with Crippen molar-refractivity contribution < 1.29 is 23.5 Å². The Morgan fingerprint density at radius 1 is 1.18 bits per heavy atom. The Kier molecular flexibility index (Phi) is 3.66. The van der Waals surface area contributed by atoms with Gasteiger partial charge in [0.2, 0.25) is 0 Å². The van der Waals surface area contributed by atoms with Gasteiger partial charge >= 0.3 is 5.97 Å². The standard InChI is InChI=1S/C16H14FNO4/c17-11-5-3-10(4-6-11)13-7-8-14(22-13)15(19)18-9-1-2-12(18)16(20)21/h3-8,12H,1-2,9H2,(H,20,21). The lowest BCUT2D eigenvalue weighted by atomic mass is 10.2. The summed E-state index contributed by atoms with van der Waals surface area (Å²) in [6.45, 7) is 0.405. The van der Waals surface area contributed by atoms with Crippen molar-refractivity contribution in [3.63, 3.8) is 0 Å². The van der Waals surface area contributed by atoms with Crippen molar-refractivity contribution in [2.75, 3.05) is 6.54 Å². The first-order valence-electron chi connectivity index (χ1n) is 6.96. The smallest absolute Gasteiger partial charge is 0.326 e. The Labute approximate surface area is 126 Å². The van der Waals surface area contributed by atoms with Crippen molar-refractivity contribution in [2.45, 2.75) is 18.9 Å². The maximum Gasteiger partial charge on any atom is 0.326 e. The van der Waals surface area contributed by atoms with Gasteiger partial charge in [-0.3, -0.25) is 4.79 Å². The zero-order valence-electron chi connectivity index (χ0n) is 11.7. The molecule has 0 bridgehead atoms. The van der Waals surface area contributed by atoms with Gasteiger partial charge in [-0.15, -0.1) is 0 Å². The molecule has 1 N–H and O–H groups in total. The third-order valence-electron chi connectivity index (χ3n) is 3.74. The van der Waals surface area contributed by atoms with Gasteiger partial charge in [-0.1, -0.05) is 0 Å². The highest BCUT2D eigenvalue weighted by Crippen LogP contribution is 2.25. The van der Waals surface area contributed by atoms with E-state index >= 15 is 0 Å². The summed E-state index contributed by atoms with van der Waals surface area (Å²) < 4.78 is 18.4. The number of rotatable bonds is 3. The van der Waals surface area contributed by atoms with E-state index in [4.69, 9.17) is 9.52 Å². The molecule has 22 heavy (non-hydrogen) atoms. The minimum Gasteiger partial charge on any atom is -0.480 e. The number of carboxylic acid groups (broad SMARTS) is 1. The van der Waals surface area contributed by atoms with Crippen LogP contribution in [0.2, 0.25) is 0 Å². The molecular weight excluding hydrogens is 289 g/mol. The third kappa shape index (κ3) is 2.59. The third-order valence-corrected chi connectivity index (χ3v) is 3.74. The van der Waals surface area contributed by atoms with Gasteiger partial charge in [-0.05, 0) is 49.2 Å². The molecule has 1 unspecified atom stereocenters. The van der Waals surface area contributed by atoms with Gasteiger partial charge in [-0.2, -0.15) is 0 Å². The fourth-order valence-electron chi connectivity index (χ4n) is 2.63. The first-order chi connectivity index (χ1) is 10.6. The second-order valence-electron chi connectivity index (χ2n) is 5.17. The van der Waals surface area contributed by atoms with Crippen molar-refractivity contribution >= 4 is 11.9 Å². The van der Waals surface area contributed by atoms with Gasteiger partial charge in [0.05, 0.1) is 0 Å².